The van der Waals surface area contributed by atoms with Crippen LogP contribution in [0.1, 0.15) is 43.7 Å². The van der Waals surface area contributed by atoms with Crippen LogP contribution in [0.2, 0.25) is 0 Å². The molecule has 0 saturated heterocycles. The van der Waals surface area contributed by atoms with Crippen LogP contribution >= 0.6 is 0 Å². The summed E-state index contributed by atoms with van der Waals surface area (Å²) in [5, 5.41) is 0. The largest absolute Gasteiger partial charge is 0.496 e. The summed E-state index contributed by atoms with van der Waals surface area (Å²) in [6.07, 6.45) is 8.04. The topological polar surface area (TPSA) is 44.5 Å². The van der Waals surface area contributed by atoms with Crippen molar-refractivity contribution < 1.29 is 9.47 Å². The van der Waals surface area contributed by atoms with Gasteiger partial charge in [0.1, 0.15) is 11.5 Å². The summed E-state index contributed by atoms with van der Waals surface area (Å²) in [7, 11) is 3.42. The summed E-state index contributed by atoms with van der Waals surface area (Å²) in [6, 6.07) is 4.23. The first kappa shape index (κ1) is 14.9. The van der Waals surface area contributed by atoms with Crippen LogP contribution < -0.4 is 15.2 Å². The number of nitrogens with two attached hydrogens (primary N) is 1. The molecule has 0 radical (unpaired) electrons. The van der Waals surface area contributed by atoms with Gasteiger partial charge in [0.15, 0.2) is 0 Å². The first-order chi connectivity index (χ1) is 9.63. The first-order valence-corrected chi connectivity index (χ1v) is 7.34. The molecule has 0 bridgehead atoms. The Balaban J connectivity index is 2.38. The van der Waals surface area contributed by atoms with Gasteiger partial charge in [-0.25, -0.2) is 0 Å². The summed E-state index contributed by atoms with van der Waals surface area (Å²) in [4.78, 5) is 0. The zero-order valence-corrected chi connectivity index (χ0v) is 12.7. The van der Waals surface area contributed by atoms with Gasteiger partial charge >= 0.3 is 0 Å². The van der Waals surface area contributed by atoms with Gasteiger partial charge in [-0.1, -0.05) is 11.6 Å². The van der Waals surface area contributed by atoms with Gasteiger partial charge in [0.05, 0.1) is 14.2 Å². The maximum atomic E-state index is 5.90. The lowest BCUT2D eigenvalue weighted by Crippen LogP contribution is -2.18. The van der Waals surface area contributed by atoms with Gasteiger partial charge < -0.3 is 15.2 Å². The van der Waals surface area contributed by atoms with Gasteiger partial charge in [-0.2, -0.15) is 0 Å². The molecular weight excluding hydrogens is 250 g/mol. The van der Waals surface area contributed by atoms with Gasteiger partial charge in [-0.3, -0.25) is 0 Å². The molecule has 3 heteroatoms. The average molecular weight is 275 g/mol. The predicted octanol–water partition coefficient (Wildman–Crippen LogP) is 3.55. The van der Waals surface area contributed by atoms with Crippen molar-refractivity contribution in [3.63, 3.8) is 0 Å². The molecule has 1 atom stereocenters. The molecule has 110 valence electrons. The highest BCUT2D eigenvalue weighted by molar-refractivity contribution is 5.64. The zero-order chi connectivity index (χ0) is 14.5. The van der Waals surface area contributed by atoms with Gasteiger partial charge in [0, 0.05) is 11.6 Å². The molecule has 0 aromatic heterocycles. The minimum atomic E-state index is 0.104. The minimum Gasteiger partial charge on any atom is -0.496 e. The normalized spacial score (nSPS) is 16.1. The standard InChI is InChI=1S/C17H25NO2/c1-12(18)8-14-10-17(20-3)15(11-16(14)19-2)9-13-6-4-5-7-13/h9-12H,4-8,18H2,1-3H3/t12-/m1/s1. The van der Waals surface area contributed by atoms with Gasteiger partial charge in [-0.05, 0) is 56.7 Å². The van der Waals surface area contributed by atoms with Crippen LogP contribution in [-0.2, 0) is 6.42 Å². The third-order valence-corrected chi connectivity index (χ3v) is 3.78. The van der Waals surface area contributed by atoms with E-state index in [1.165, 1.54) is 31.3 Å². The van der Waals surface area contributed by atoms with E-state index in [0.29, 0.717) is 0 Å². The lowest BCUT2D eigenvalue weighted by molar-refractivity contribution is 0.397. The quantitative estimate of drug-likeness (QED) is 0.893. The van der Waals surface area contributed by atoms with Crippen molar-refractivity contribution >= 4 is 6.08 Å². The molecule has 1 aliphatic carbocycles. The maximum absolute atomic E-state index is 5.90. The van der Waals surface area contributed by atoms with E-state index in [1.54, 1.807) is 14.2 Å². The highest BCUT2D eigenvalue weighted by Crippen LogP contribution is 2.34. The molecule has 1 aliphatic rings. The predicted molar refractivity (Wildman–Crippen MR) is 83.3 cm³/mol. The molecule has 1 aromatic carbocycles. The lowest BCUT2D eigenvalue weighted by Gasteiger charge is -2.15. The van der Waals surface area contributed by atoms with Crippen molar-refractivity contribution in [1.29, 1.82) is 0 Å². The Kier molecular flexibility index (Phi) is 5.07. The third-order valence-electron chi connectivity index (χ3n) is 3.78. The van der Waals surface area contributed by atoms with E-state index >= 15 is 0 Å². The van der Waals surface area contributed by atoms with E-state index < -0.39 is 0 Å². The molecular formula is C17H25NO2. The number of rotatable bonds is 5. The van der Waals surface area contributed by atoms with E-state index in [1.807, 2.05) is 6.92 Å². The highest BCUT2D eigenvalue weighted by atomic mass is 16.5. The first-order valence-electron chi connectivity index (χ1n) is 7.34. The van der Waals surface area contributed by atoms with Crippen LogP contribution in [0, 0.1) is 0 Å². The summed E-state index contributed by atoms with van der Waals surface area (Å²) in [5.74, 6) is 1.80. The number of methoxy groups -OCH3 is 2. The van der Waals surface area contributed by atoms with Crippen molar-refractivity contribution in [2.24, 2.45) is 5.73 Å². The molecule has 1 saturated carbocycles. The average Bonchev–Trinajstić information content (AvgIpc) is 2.92. The zero-order valence-electron chi connectivity index (χ0n) is 12.7. The summed E-state index contributed by atoms with van der Waals surface area (Å²) >= 11 is 0. The fourth-order valence-electron chi connectivity index (χ4n) is 2.80. The number of ether oxygens (including phenoxy) is 2. The van der Waals surface area contributed by atoms with E-state index in [2.05, 4.69) is 18.2 Å². The SMILES string of the molecule is COc1cc(C[C@@H](C)N)c(OC)cc1C=C1CCCC1. The van der Waals surface area contributed by atoms with Crippen LogP contribution in [0.4, 0.5) is 0 Å². The van der Waals surface area contributed by atoms with Crippen molar-refractivity contribution in [2.75, 3.05) is 14.2 Å². The Morgan fingerprint density at radius 2 is 1.80 bits per heavy atom. The fraction of sp³-hybridized carbons (Fsp3) is 0.529. The van der Waals surface area contributed by atoms with Crippen LogP contribution in [0.15, 0.2) is 17.7 Å². The molecule has 3 nitrogen and oxygen atoms in total. The van der Waals surface area contributed by atoms with Gasteiger partial charge in [0.2, 0.25) is 0 Å². The van der Waals surface area contributed by atoms with E-state index in [-0.39, 0.29) is 6.04 Å². The Hall–Kier alpha value is -1.48. The molecule has 20 heavy (non-hydrogen) atoms. The molecule has 0 unspecified atom stereocenters. The number of hydrogen-bond donors (Lipinski definition) is 1. The van der Waals surface area contributed by atoms with Crippen molar-refractivity contribution in [1.82, 2.24) is 0 Å². The Bertz CT molecular complexity index is 484. The second-order valence-corrected chi connectivity index (χ2v) is 5.60. The van der Waals surface area contributed by atoms with Crippen LogP contribution in [0.5, 0.6) is 11.5 Å². The molecule has 0 aliphatic heterocycles. The Labute approximate surface area is 121 Å². The number of allylic oxidation sites excluding steroid dienone is 1. The fourth-order valence-corrected chi connectivity index (χ4v) is 2.80. The van der Waals surface area contributed by atoms with Crippen molar-refractivity contribution in [3.05, 3.63) is 28.8 Å². The summed E-state index contributed by atoms with van der Waals surface area (Å²) in [5.41, 5.74) is 9.62. The smallest absolute Gasteiger partial charge is 0.126 e. The van der Waals surface area contributed by atoms with Crippen molar-refractivity contribution in [3.8, 4) is 11.5 Å². The van der Waals surface area contributed by atoms with Crippen LogP contribution in [0.3, 0.4) is 0 Å². The second kappa shape index (κ2) is 6.80. The van der Waals surface area contributed by atoms with Crippen LogP contribution in [-0.4, -0.2) is 20.3 Å². The minimum absolute atomic E-state index is 0.104. The lowest BCUT2D eigenvalue weighted by atomic mass is 10.0. The van der Waals surface area contributed by atoms with E-state index in [4.69, 9.17) is 15.2 Å². The molecule has 0 amide bonds. The second-order valence-electron chi connectivity index (χ2n) is 5.60. The van der Waals surface area contributed by atoms with E-state index in [0.717, 1.165) is 29.0 Å². The molecule has 0 spiro atoms. The third kappa shape index (κ3) is 3.54. The monoisotopic (exact) mass is 275 g/mol. The van der Waals surface area contributed by atoms with Crippen molar-refractivity contribution in [2.45, 2.75) is 45.1 Å². The number of hydrogen-bond acceptors (Lipinski definition) is 3. The number of benzene rings is 1. The maximum Gasteiger partial charge on any atom is 0.126 e. The van der Waals surface area contributed by atoms with Crippen LogP contribution in [0.25, 0.3) is 6.08 Å². The van der Waals surface area contributed by atoms with Gasteiger partial charge in [-0.15, -0.1) is 0 Å². The van der Waals surface area contributed by atoms with Gasteiger partial charge in [0.25, 0.3) is 0 Å². The summed E-state index contributed by atoms with van der Waals surface area (Å²) in [6.45, 7) is 2.00. The molecule has 1 aromatic rings. The Morgan fingerprint density at radius 3 is 2.35 bits per heavy atom. The molecule has 0 heterocycles. The highest BCUT2D eigenvalue weighted by Gasteiger charge is 2.13. The van der Waals surface area contributed by atoms with E-state index in [9.17, 15) is 0 Å². The Morgan fingerprint density at radius 1 is 1.15 bits per heavy atom. The summed E-state index contributed by atoms with van der Waals surface area (Å²) < 4.78 is 11.0. The molecule has 2 N–H and O–H groups in total. The molecule has 2 rings (SSSR count). The molecule has 1 fully saturated rings.